The molecule has 2 aromatic rings. The molecule has 1 unspecified atom stereocenters. The molecule has 144 valence electrons. The molecule has 0 heterocycles. The molecule has 0 aliphatic heterocycles. The van der Waals surface area contributed by atoms with Crippen molar-refractivity contribution in [3.8, 4) is 0 Å². The Kier molecular flexibility index (Phi) is 8.69. The Balaban J connectivity index is 2.05. The first-order chi connectivity index (χ1) is 13.0. The summed E-state index contributed by atoms with van der Waals surface area (Å²) >= 11 is 7.70. The summed E-state index contributed by atoms with van der Waals surface area (Å²) in [5.74, 6) is 0.470. The normalized spacial score (nSPS) is 11.7. The number of likely N-dealkylation sites (N-methyl/N-ethyl adjacent to an activating group) is 1. The van der Waals surface area contributed by atoms with Crippen LogP contribution >= 0.6 is 23.4 Å². The van der Waals surface area contributed by atoms with Crippen LogP contribution in [0.2, 0.25) is 5.02 Å². The number of nitrogens with one attached hydrogen (secondary N) is 1. The van der Waals surface area contributed by atoms with Crippen LogP contribution in [0.5, 0.6) is 0 Å². The van der Waals surface area contributed by atoms with Crippen molar-refractivity contribution in [1.29, 1.82) is 0 Å². The fourth-order valence-electron chi connectivity index (χ4n) is 2.65. The zero-order chi connectivity index (χ0) is 19.6. The van der Waals surface area contributed by atoms with Gasteiger partial charge in [0, 0.05) is 35.2 Å². The van der Waals surface area contributed by atoms with Gasteiger partial charge in [-0.3, -0.25) is 9.59 Å². The highest BCUT2D eigenvalue weighted by molar-refractivity contribution is 7.99. The molecule has 2 rings (SSSR count). The number of carbonyl (C=O) groups excluding carboxylic acids is 2. The van der Waals surface area contributed by atoms with E-state index in [9.17, 15) is 9.59 Å². The number of nitrogens with zero attached hydrogens (tertiary/aromatic N) is 1. The third-order valence-electron chi connectivity index (χ3n) is 4.09. The lowest BCUT2D eigenvalue weighted by atomic mass is 10.1. The quantitative estimate of drug-likeness (QED) is 0.631. The average Bonchev–Trinajstić information content (AvgIpc) is 2.66. The fourth-order valence-corrected chi connectivity index (χ4v) is 3.73. The Morgan fingerprint density at radius 2 is 1.89 bits per heavy atom. The van der Waals surface area contributed by atoms with Gasteiger partial charge in [0.2, 0.25) is 11.8 Å². The minimum absolute atomic E-state index is 0.0443. The van der Waals surface area contributed by atoms with Gasteiger partial charge in [-0.25, -0.2) is 0 Å². The molecule has 0 radical (unpaired) electrons. The van der Waals surface area contributed by atoms with Crippen LogP contribution < -0.4 is 5.32 Å². The molecule has 0 saturated carbocycles. The lowest BCUT2D eigenvalue weighted by Crippen LogP contribution is -2.47. The predicted molar refractivity (Wildman–Crippen MR) is 112 cm³/mol. The first-order valence-electron chi connectivity index (χ1n) is 9.00. The number of thioether (sulfide) groups is 1. The van der Waals surface area contributed by atoms with Crippen molar-refractivity contribution < 1.29 is 9.59 Å². The van der Waals surface area contributed by atoms with Gasteiger partial charge in [0.1, 0.15) is 6.04 Å². The number of rotatable bonds is 9. The predicted octanol–water partition coefficient (Wildman–Crippen LogP) is 4.38. The maximum absolute atomic E-state index is 12.9. The van der Waals surface area contributed by atoms with Crippen LogP contribution in [0.1, 0.15) is 25.8 Å². The molecule has 6 heteroatoms. The summed E-state index contributed by atoms with van der Waals surface area (Å²) in [5.41, 5.74) is 0.905. The SMILES string of the molecule is CCNC(=O)C(C)N(Cc1cccc(Cl)c1)C(=O)CCSc1ccccc1. The summed E-state index contributed by atoms with van der Waals surface area (Å²) < 4.78 is 0. The second kappa shape index (κ2) is 11.0. The van der Waals surface area contributed by atoms with Gasteiger partial charge in [-0.2, -0.15) is 0 Å². The highest BCUT2D eigenvalue weighted by Crippen LogP contribution is 2.20. The van der Waals surface area contributed by atoms with E-state index >= 15 is 0 Å². The second-order valence-corrected chi connectivity index (χ2v) is 7.74. The Morgan fingerprint density at radius 3 is 2.56 bits per heavy atom. The van der Waals surface area contributed by atoms with Gasteiger partial charge in [-0.05, 0) is 43.7 Å². The first kappa shape index (κ1) is 21.3. The van der Waals surface area contributed by atoms with Gasteiger partial charge in [-0.1, -0.05) is 41.9 Å². The molecule has 2 aromatic carbocycles. The van der Waals surface area contributed by atoms with E-state index in [1.54, 1.807) is 29.7 Å². The highest BCUT2D eigenvalue weighted by atomic mass is 35.5. The average molecular weight is 405 g/mol. The van der Waals surface area contributed by atoms with Crippen LogP contribution in [-0.4, -0.2) is 35.1 Å². The Bertz CT molecular complexity index is 755. The van der Waals surface area contributed by atoms with Gasteiger partial charge in [0.15, 0.2) is 0 Å². The molecule has 4 nitrogen and oxygen atoms in total. The van der Waals surface area contributed by atoms with Crippen LogP contribution in [0.3, 0.4) is 0 Å². The Morgan fingerprint density at radius 1 is 1.15 bits per heavy atom. The standard InChI is InChI=1S/C21H25ClN2O2S/c1-3-23-21(26)16(2)24(15-17-8-7-9-18(22)14-17)20(25)12-13-27-19-10-5-4-6-11-19/h4-11,14,16H,3,12-13,15H2,1-2H3,(H,23,26). The number of hydrogen-bond donors (Lipinski definition) is 1. The minimum atomic E-state index is -0.543. The molecule has 0 aliphatic carbocycles. The van der Waals surface area contributed by atoms with Gasteiger partial charge in [0.25, 0.3) is 0 Å². The third kappa shape index (κ3) is 6.92. The van der Waals surface area contributed by atoms with E-state index in [-0.39, 0.29) is 11.8 Å². The van der Waals surface area contributed by atoms with Crippen LogP contribution in [0, 0.1) is 0 Å². The molecule has 0 spiro atoms. The molecule has 2 amide bonds. The second-order valence-electron chi connectivity index (χ2n) is 6.13. The van der Waals surface area contributed by atoms with Crippen molar-refractivity contribution >= 4 is 35.2 Å². The summed E-state index contributed by atoms with van der Waals surface area (Å²) in [6.45, 7) is 4.52. The summed E-state index contributed by atoms with van der Waals surface area (Å²) in [4.78, 5) is 27.9. The van der Waals surface area contributed by atoms with Crippen LogP contribution in [0.25, 0.3) is 0 Å². The topological polar surface area (TPSA) is 49.4 Å². The van der Waals surface area contributed by atoms with Crippen molar-refractivity contribution in [3.63, 3.8) is 0 Å². The van der Waals surface area contributed by atoms with Crippen LogP contribution in [-0.2, 0) is 16.1 Å². The maximum Gasteiger partial charge on any atom is 0.242 e. The number of carbonyl (C=O) groups is 2. The third-order valence-corrected chi connectivity index (χ3v) is 5.34. The van der Waals surface area contributed by atoms with Crippen LogP contribution in [0.4, 0.5) is 0 Å². The molecular weight excluding hydrogens is 380 g/mol. The van der Waals surface area contributed by atoms with E-state index in [0.29, 0.717) is 30.3 Å². The van der Waals surface area contributed by atoms with E-state index in [1.165, 1.54) is 0 Å². The monoisotopic (exact) mass is 404 g/mol. The zero-order valence-electron chi connectivity index (χ0n) is 15.7. The summed E-state index contributed by atoms with van der Waals surface area (Å²) in [6, 6.07) is 16.8. The van der Waals surface area contributed by atoms with Crippen molar-refractivity contribution in [2.24, 2.45) is 0 Å². The summed E-state index contributed by atoms with van der Waals surface area (Å²) in [5, 5.41) is 3.41. The number of amides is 2. The number of benzene rings is 2. The molecule has 0 aromatic heterocycles. The van der Waals surface area contributed by atoms with Gasteiger partial charge in [0.05, 0.1) is 0 Å². The summed E-state index contributed by atoms with van der Waals surface area (Å²) in [7, 11) is 0. The minimum Gasteiger partial charge on any atom is -0.355 e. The van der Waals surface area contributed by atoms with E-state index in [0.717, 1.165) is 10.5 Å². The molecule has 0 fully saturated rings. The van der Waals surface area contributed by atoms with E-state index in [1.807, 2.05) is 55.5 Å². The lowest BCUT2D eigenvalue weighted by Gasteiger charge is -2.28. The zero-order valence-corrected chi connectivity index (χ0v) is 17.2. The van der Waals surface area contributed by atoms with Gasteiger partial charge >= 0.3 is 0 Å². The van der Waals surface area contributed by atoms with E-state index in [2.05, 4.69) is 5.32 Å². The molecule has 1 atom stereocenters. The van der Waals surface area contributed by atoms with Gasteiger partial charge in [-0.15, -0.1) is 11.8 Å². The van der Waals surface area contributed by atoms with Crippen molar-refractivity contribution in [2.45, 2.75) is 37.8 Å². The fraction of sp³-hybridized carbons (Fsp3) is 0.333. The Hall–Kier alpha value is -1.98. The van der Waals surface area contributed by atoms with Crippen molar-refractivity contribution in [1.82, 2.24) is 10.2 Å². The van der Waals surface area contributed by atoms with Crippen molar-refractivity contribution in [2.75, 3.05) is 12.3 Å². The highest BCUT2D eigenvalue weighted by Gasteiger charge is 2.25. The molecule has 0 bridgehead atoms. The number of hydrogen-bond acceptors (Lipinski definition) is 3. The molecular formula is C21H25ClN2O2S. The van der Waals surface area contributed by atoms with Crippen LogP contribution in [0.15, 0.2) is 59.5 Å². The molecule has 0 aliphatic rings. The molecule has 27 heavy (non-hydrogen) atoms. The Labute approximate surface area is 170 Å². The molecule has 1 N–H and O–H groups in total. The van der Waals surface area contributed by atoms with Crippen molar-refractivity contribution in [3.05, 3.63) is 65.2 Å². The number of halogens is 1. The summed E-state index contributed by atoms with van der Waals surface area (Å²) in [6.07, 6.45) is 0.365. The lowest BCUT2D eigenvalue weighted by molar-refractivity contribution is -0.140. The largest absolute Gasteiger partial charge is 0.355 e. The van der Waals surface area contributed by atoms with E-state index in [4.69, 9.17) is 11.6 Å². The molecule has 0 saturated heterocycles. The van der Waals surface area contributed by atoms with Gasteiger partial charge < -0.3 is 10.2 Å². The maximum atomic E-state index is 12.9. The van der Waals surface area contributed by atoms with E-state index < -0.39 is 6.04 Å². The first-order valence-corrected chi connectivity index (χ1v) is 10.4. The smallest absolute Gasteiger partial charge is 0.242 e.